The molecule has 0 aromatic rings. The van der Waals surface area contributed by atoms with E-state index in [-0.39, 0.29) is 0 Å². The van der Waals surface area contributed by atoms with Crippen molar-refractivity contribution in [3.05, 3.63) is 5.21 Å². The lowest BCUT2D eigenvalue weighted by atomic mass is 10.2. The van der Waals surface area contributed by atoms with E-state index in [4.69, 9.17) is 0 Å². The Hall–Kier alpha value is -0.800. The zero-order valence-electron chi connectivity index (χ0n) is 12.3. The molecule has 0 unspecified atom stereocenters. The topological polar surface area (TPSA) is 50.5 Å². The zero-order valence-corrected chi connectivity index (χ0v) is 12.3. The monoisotopic (exact) mass is 257 g/mol. The Balaban J connectivity index is 3.26. The maximum absolute atomic E-state index is 11.3. The molecule has 0 spiro atoms. The van der Waals surface area contributed by atoms with Gasteiger partial charge in [-0.15, -0.1) is 0 Å². The summed E-state index contributed by atoms with van der Waals surface area (Å²) in [6.45, 7) is 5.80. The fraction of sp³-hybridized carbons (Fsp3) is 1.00. The zero-order chi connectivity index (χ0) is 13.5. The molecule has 0 radical (unpaired) electrons. The molecule has 0 bridgehead atoms. The standard InChI is InChI=1S/C14H31N3O/c1-3-5-7-9-11-13-15-17(18)16-14-12-10-8-6-4-2/h3-14H2,1-2H3,(H,15,16). The molecule has 0 amide bonds. The smallest absolute Gasteiger partial charge is 0.106 e. The van der Waals surface area contributed by atoms with Crippen LogP contribution >= 0.6 is 0 Å². The van der Waals surface area contributed by atoms with E-state index in [1.807, 2.05) is 0 Å². The third-order valence-corrected chi connectivity index (χ3v) is 3.02. The summed E-state index contributed by atoms with van der Waals surface area (Å²) in [7, 11) is 0. The summed E-state index contributed by atoms with van der Waals surface area (Å²) in [6.07, 6.45) is 12.1. The lowest BCUT2D eigenvalue weighted by Gasteiger charge is -2.03. The quantitative estimate of drug-likeness (QED) is 0.230. The fourth-order valence-electron chi connectivity index (χ4n) is 1.83. The largest absolute Gasteiger partial charge is 0.572 e. The Kier molecular flexibility index (Phi) is 13.6. The van der Waals surface area contributed by atoms with Gasteiger partial charge in [-0.3, -0.25) is 0 Å². The molecule has 4 heteroatoms. The first kappa shape index (κ1) is 17.2. The average molecular weight is 257 g/mol. The Morgan fingerprint density at radius 2 is 1.39 bits per heavy atom. The second-order valence-electron chi connectivity index (χ2n) is 4.87. The van der Waals surface area contributed by atoms with E-state index >= 15 is 0 Å². The van der Waals surface area contributed by atoms with E-state index in [1.165, 1.54) is 51.4 Å². The van der Waals surface area contributed by atoms with Gasteiger partial charge in [0.05, 0.1) is 6.54 Å². The lowest BCUT2D eigenvalue weighted by Crippen LogP contribution is -2.24. The molecule has 0 aliphatic heterocycles. The number of nitrogens with one attached hydrogen (secondary N) is 1. The molecule has 108 valence electrons. The third-order valence-electron chi connectivity index (χ3n) is 3.02. The van der Waals surface area contributed by atoms with Crippen LogP contribution in [0, 0.1) is 5.21 Å². The molecule has 0 rings (SSSR count). The summed E-state index contributed by atoms with van der Waals surface area (Å²) in [4.78, 5) is 0.652. The van der Waals surface area contributed by atoms with Crippen molar-refractivity contribution >= 4 is 0 Å². The average Bonchev–Trinajstić information content (AvgIpc) is 2.38. The summed E-state index contributed by atoms with van der Waals surface area (Å²) in [5.41, 5.74) is 2.77. The van der Waals surface area contributed by atoms with Gasteiger partial charge in [0.2, 0.25) is 0 Å². The molecule has 4 nitrogen and oxygen atoms in total. The van der Waals surface area contributed by atoms with Crippen LogP contribution in [-0.4, -0.2) is 18.1 Å². The van der Waals surface area contributed by atoms with Crippen molar-refractivity contribution in [2.45, 2.75) is 78.1 Å². The van der Waals surface area contributed by atoms with E-state index in [1.54, 1.807) is 0 Å². The van der Waals surface area contributed by atoms with Gasteiger partial charge in [-0.1, -0.05) is 65.2 Å². The van der Waals surface area contributed by atoms with Crippen LogP contribution in [-0.2, 0) is 0 Å². The normalized spacial score (nSPS) is 11.8. The lowest BCUT2D eigenvalue weighted by molar-refractivity contribution is -0.590. The van der Waals surface area contributed by atoms with Crippen molar-refractivity contribution < 1.29 is 4.97 Å². The van der Waals surface area contributed by atoms with Crippen LogP contribution in [0.15, 0.2) is 5.11 Å². The number of hydrogen-bond donors (Lipinski definition) is 1. The van der Waals surface area contributed by atoms with Gasteiger partial charge in [-0.05, 0) is 18.0 Å². The van der Waals surface area contributed by atoms with Crippen LogP contribution in [0.3, 0.4) is 0 Å². The van der Waals surface area contributed by atoms with E-state index in [2.05, 4.69) is 24.4 Å². The van der Waals surface area contributed by atoms with Gasteiger partial charge in [0.25, 0.3) is 0 Å². The molecule has 18 heavy (non-hydrogen) atoms. The van der Waals surface area contributed by atoms with Crippen molar-refractivity contribution in [1.82, 2.24) is 5.43 Å². The van der Waals surface area contributed by atoms with Crippen molar-refractivity contribution in [3.63, 3.8) is 0 Å². The fourth-order valence-corrected chi connectivity index (χ4v) is 1.83. The summed E-state index contributed by atoms with van der Waals surface area (Å²) < 4.78 is 0. The molecule has 0 aliphatic carbocycles. The minimum atomic E-state index is 0.649. The van der Waals surface area contributed by atoms with Crippen molar-refractivity contribution in [2.24, 2.45) is 5.11 Å². The van der Waals surface area contributed by atoms with E-state index in [0.29, 0.717) is 11.5 Å². The van der Waals surface area contributed by atoms with Crippen LogP contribution in [0.25, 0.3) is 0 Å². The molecule has 1 N–H and O–H groups in total. The molecular weight excluding hydrogens is 226 g/mol. The Bertz CT molecular complexity index is 195. The number of unbranched alkanes of at least 4 members (excludes halogenated alkanes) is 8. The molecule has 0 atom stereocenters. The second kappa shape index (κ2) is 14.3. The van der Waals surface area contributed by atoms with Crippen LogP contribution in [0.5, 0.6) is 0 Å². The van der Waals surface area contributed by atoms with Gasteiger partial charge in [0, 0.05) is 4.97 Å². The molecule has 0 fully saturated rings. The maximum Gasteiger partial charge on any atom is 0.106 e. The highest BCUT2D eigenvalue weighted by Gasteiger charge is 1.95. The summed E-state index contributed by atoms with van der Waals surface area (Å²) in [6, 6.07) is 0. The predicted molar refractivity (Wildman–Crippen MR) is 76.4 cm³/mol. The molecule has 0 heterocycles. The first-order chi connectivity index (χ1) is 8.81. The van der Waals surface area contributed by atoms with Gasteiger partial charge in [-0.2, -0.15) is 5.43 Å². The highest BCUT2D eigenvalue weighted by Crippen LogP contribution is 2.02. The van der Waals surface area contributed by atoms with E-state index < -0.39 is 0 Å². The molecular formula is C14H31N3O. The summed E-state index contributed by atoms with van der Waals surface area (Å²) >= 11 is 0. The van der Waals surface area contributed by atoms with Crippen molar-refractivity contribution in [3.8, 4) is 0 Å². The molecule has 0 aromatic heterocycles. The first-order valence-electron chi connectivity index (χ1n) is 7.69. The first-order valence-corrected chi connectivity index (χ1v) is 7.69. The van der Waals surface area contributed by atoms with Crippen LogP contribution in [0.1, 0.15) is 78.1 Å². The van der Waals surface area contributed by atoms with Crippen LogP contribution in [0.2, 0.25) is 0 Å². The van der Waals surface area contributed by atoms with Crippen LogP contribution < -0.4 is 5.43 Å². The Morgan fingerprint density at radius 1 is 0.833 bits per heavy atom. The van der Waals surface area contributed by atoms with Gasteiger partial charge >= 0.3 is 0 Å². The highest BCUT2D eigenvalue weighted by molar-refractivity contribution is 4.44. The third kappa shape index (κ3) is 13.3. The Morgan fingerprint density at radius 3 is 2.00 bits per heavy atom. The van der Waals surface area contributed by atoms with E-state index in [0.717, 1.165) is 19.4 Å². The van der Waals surface area contributed by atoms with Crippen molar-refractivity contribution in [1.29, 1.82) is 0 Å². The minimum Gasteiger partial charge on any atom is -0.572 e. The molecule has 0 aromatic carbocycles. The molecule has 0 saturated heterocycles. The minimum absolute atomic E-state index is 0.649. The van der Waals surface area contributed by atoms with Crippen molar-refractivity contribution in [2.75, 3.05) is 13.1 Å². The van der Waals surface area contributed by atoms with Gasteiger partial charge in [0.15, 0.2) is 0 Å². The predicted octanol–water partition coefficient (Wildman–Crippen LogP) is 4.39. The molecule has 0 saturated carbocycles. The van der Waals surface area contributed by atoms with Gasteiger partial charge < -0.3 is 5.21 Å². The number of nitrogens with zero attached hydrogens (tertiary/aromatic N) is 2. The summed E-state index contributed by atoms with van der Waals surface area (Å²) in [5, 5.41) is 15.2. The maximum atomic E-state index is 11.3. The number of hydrazine groups is 1. The number of rotatable bonds is 13. The highest BCUT2D eigenvalue weighted by atomic mass is 16.5. The SMILES string of the molecule is CCCCCCCN=[N+]([O-])NCCCCCCC. The van der Waals surface area contributed by atoms with Crippen LogP contribution in [0.4, 0.5) is 0 Å². The number of hydrogen-bond acceptors (Lipinski definition) is 2. The molecule has 0 aliphatic rings. The summed E-state index contributed by atoms with van der Waals surface area (Å²) in [5.74, 6) is 0. The van der Waals surface area contributed by atoms with Gasteiger partial charge in [-0.25, -0.2) is 0 Å². The second-order valence-corrected chi connectivity index (χ2v) is 4.87. The van der Waals surface area contributed by atoms with Gasteiger partial charge in [0.1, 0.15) is 6.54 Å². The van der Waals surface area contributed by atoms with E-state index in [9.17, 15) is 5.21 Å². The Labute approximate surface area is 112 Å².